The molecule has 0 saturated carbocycles. The van der Waals surface area contributed by atoms with Gasteiger partial charge in [-0.05, 0) is 49.9 Å². The quantitative estimate of drug-likeness (QED) is 0.577. The fourth-order valence-electron chi connectivity index (χ4n) is 5.86. The van der Waals surface area contributed by atoms with Gasteiger partial charge in [-0.1, -0.05) is 12.1 Å². The minimum absolute atomic E-state index is 0.0175. The number of nitrogens with zero attached hydrogens (tertiary/aromatic N) is 2. The van der Waals surface area contributed by atoms with Crippen LogP contribution in [0.1, 0.15) is 65.2 Å². The van der Waals surface area contributed by atoms with E-state index in [0.717, 1.165) is 18.2 Å². The van der Waals surface area contributed by atoms with Gasteiger partial charge in [0.2, 0.25) is 5.91 Å². The van der Waals surface area contributed by atoms with Gasteiger partial charge in [-0.25, -0.2) is 8.78 Å². The third-order valence-electron chi connectivity index (χ3n) is 8.01. The van der Waals surface area contributed by atoms with E-state index in [9.17, 15) is 27.9 Å². The molecule has 0 bridgehead atoms. The molecule has 2 aromatic rings. The first-order chi connectivity index (χ1) is 17.9. The molecule has 2 unspecified atom stereocenters. The van der Waals surface area contributed by atoms with Crippen LogP contribution < -0.4 is 5.32 Å². The summed E-state index contributed by atoms with van der Waals surface area (Å²) in [5.74, 6) is -2.54. The standard InChI is InChI=1S/C27H28F5N3O3/c1-15-21(6-7-22(36)33-15)35-14-19-18(25(35)37)12-20(28)23(24(19)29)26(38)8-10-34(11-9-26)13-16-2-4-17(5-3-16)27(30,31)32/h2-5,12,15,21,38H,6-11,13-14H2,1H3,(H,33,36). The monoisotopic (exact) mass is 537 g/mol. The molecule has 2 fully saturated rings. The zero-order valence-electron chi connectivity index (χ0n) is 20.7. The maximum Gasteiger partial charge on any atom is 0.416 e. The summed E-state index contributed by atoms with van der Waals surface area (Å²) in [6.07, 6.45) is -3.73. The number of carbonyl (C=O) groups is 2. The van der Waals surface area contributed by atoms with Crippen LogP contribution in [0.2, 0.25) is 0 Å². The fraction of sp³-hybridized carbons (Fsp3) is 0.481. The van der Waals surface area contributed by atoms with Crippen molar-refractivity contribution in [1.82, 2.24) is 15.1 Å². The molecule has 38 heavy (non-hydrogen) atoms. The van der Waals surface area contributed by atoms with Gasteiger partial charge in [-0.15, -0.1) is 0 Å². The molecule has 2 saturated heterocycles. The lowest BCUT2D eigenvalue weighted by atomic mass is 9.82. The molecule has 0 aliphatic carbocycles. The van der Waals surface area contributed by atoms with Gasteiger partial charge in [0, 0.05) is 37.7 Å². The highest BCUT2D eigenvalue weighted by molar-refractivity contribution is 5.99. The number of hydrogen-bond donors (Lipinski definition) is 2. The largest absolute Gasteiger partial charge is 0.416 e. The summed E-state index contributed by atoms with van der Waals surface area (Å²) in [7, 11) is 0. The first-order valence-electron chi connectivity index (χ1n) is 12.6. The van der Waals surface area contributed by atoms with Crippen LogP contribution in [0, 0.1) is 11.6 Å². The van der Waals surface area contributed by atoms with Crippen LogP contribution in [0.3, 0.4) is 0 Å². The van der Waals surface area contributed by atoms with E-state index in [4.69, 9.17) is 0 Å². The second kappa shape index (κ2) is 9.60. The number of amides is 2. The molecule has 11 heteroatoms. The molecule has 0 spiro atoms. The Labute approximate surface area is 216 Å². The number of halogens is 5. The Morgan fingerprint density at radius 1 is 1.11 bits per heavy atom. The molecule has 0 aromatic heterocycles. The third kappa shape index (κ3) is 4.77. The molecule has 2 atom stereocenters. The number of fused-ring (bicyclic) bond motifs is 1. The molecule has 204 valence electrons. The molecule has 2 amide bonds. The molecule has 2 N–H and O–H groups in total. The number of likely N-dealkylation sites (tertiary alicyclic amines) is 1. The minimum Gasteiger partial charge on any atom is -0.385 e. The first kappa shape index (κ1) is 26.6. The van der Waals surface area contributed by atoms with Crippen molar-refractivity contribution in [2.75, 3.05) is 13.1 Å². The molecule has 3 aliphatic rings. The molecule has 2 aromatic carbocycles. The number of nitrogens with one attached hydrogen (secondary N) is 1. The van der Waals surface area contributed by atoms with Crippen LogP contribution in [0.5, 0.6) is 0 Å². The van der Waals surface area contributed by atoms with Crippen molar-refractivity contribution in [2.24, 2.45) is 0 Å². The van der Waals surface area contributed by atoms with E-state index in [-0.39, 0.29) is 68.0 Å². The predicted octanol–water partition coefficient (Wildman–Crippen LogP) is 4.09. The van der Waals surface area contributed by atoms with Crippen LogP contribution >= 0.6 is 0 Å². The van der Waals surface area contributed by atoms with E-state index in [1.54, 1.807) is 6.92 Å². The van der Waals surface area contributed by atoms with Gasteiger partial charge < -0.3 is 15.3 Å². The minimum atomic E-state index is -4.42. The highest BCUT2D eigenvalue weighted by atomic mass is 19.4. The SMILES string of the molecule is CC1NC(=O)CCC1N1Cc2c(cc(F)c(C3(O)CCN(Cc4ccc(C(F)(F)F)cc4)CC3)c2F)C1=O. The normalized spacial score (nSPS) is 23.9. The third-order valence-corrected chi connectivity index (χ3v) is 8.01. The average molecular weight is 538 g/mol. The molecule has 3 heterocycles. The zero-order chi connectivity index (χ0) is 27.4. The number of benzene rings is 2. The lowest BCUT2D eigenvalue weighted by molar-refractivity contribution is -0.137. The van der Waals surface area contributed by atoms with E-state index in [0.29, 0.717) is 18.5 Å². The van der Waals surface area contributed by atoms with Crippen molar-refractivity contribution in [1.29, 1.82) is 0 Å². The van der Waals surface area contributed by atoms with E-state index in [1.807, 2.05) is 4.90 Å². The number of rotatable bonds is 4. The smallest absolute Gasteiger partial charge is 0.385 e. The van der Waals surface area contributed by atoms with E-state index >= 15 is 8.78 Å². The average Bonchev–Trinajstić information content (AvgIpc) is 3.17. The summed E-state index contributed by atoms with van der Waals surface area (Å²) in [5.41, 5.74) is -2.36. The van der Waals surface area contributed by atoms with Gasteiger partial charge in [0.15, 0.2) is 0 Å². The van der Waals surface area contributed by atoms with Crippen molar-refractivity contribution in [2.45, 2.75) is 69.6 Å². The summed E-state index contributed by atoms with van der Waals surface area (Å²) in [5, 5.41) is 14.1. The van der Waals surface area contributed by atoms with Gasteiger partial charge >= 0.3 is 6.18 Å². The maximum atomic E-state index is 15.8. The van der Waals surface area contributed by atoms with Gasteiger partial charge in [-0.2, -0.15) is 13.2 Å². The van der Waals surface area contributed by atoms with Crippen LogP contribution in [0.15, 0.2) is 30.3 Å². The Kier molecular flexibility index (Phi) is 6.71. The van der Waals surface area contributed by atoms with Gasteiger partial charge in [-0.3, -0.25) is 14.5 Å². The van der Waals surface area contributed by atoms with Crippen molar-refractivity contribution in [3.05, 3.63) is 69.8 Å². The van der Waals surface area contributed by atoms with Crippen molar-refractivity contribution in [3.8, 4) is 0 Å². The Hall–Kier alpha value is -3.05. The van der Waals surface area contributed by atoms with Gasteiger partial charge in [0.25, 0.3) is 5.91 Å². The second-order valence-corrected chi connectivity index (χ2v) is 10.5. The number of piperidine rings is 2. The van der Waals surface area contributed by atoms with Crippen molar-refractivity contribution >= 4 is 11.8 Å². The van der Waals surface area contributed by atoms with E-state index < -0.39 is 40.4 Å². The maximum absolute atomic E-state index is 15.8. The van der Waals surface area contributed by atoms with Gasteiger partial charge in [0.05, 0.1) is 34.9 Å². The molecule has 6 nitrogen and oxygen atoms in total. The Balaban J connectivity index is 1.30. The molecular weight excluding hydrogens is 509 g/mol. The Morgan fingerprint density at radius 2 is 1.76 bits per heavy atom. The van der Waals surface area contributed by atoms with Crippen LogP contribution in [-0.2, 0) is 29.7 Å². The molecule has 3 aliphatic heterocycles. The van der Waals surface area contributed by atoms with Crippen LogP contribution in [0.4, 0.5) is 22.0 Å². The van der Waals surface area contributed by atoms with E-state index in [2.05, 4.69) is 5.32 Å². The van der Waals surface area contributed by atoms with Crippen LogP contribution in [0.25, 0.3) is 0 Å². The fourth-order valence-corrected chi connectivity index (χ4v) is 5.86. The number of aliphatic hydroxyl groups is 1. The molecule has 5 rings (SSSR count). The van der Waals surface area contributed by atoms with Crippen molar-refractivity contribution in [3.63, 3.8) is 0 Å². The van der Waals surface area contributed by atoms with Crippen LogP contribution in [-0.4, -0.2) is 51.9 Å². The highest BCUT2D eigenvalue weighted by Crippen LogP contribution is 2.41. The second-order valence-electron chi connectivity index (χ2n) is 10.5. The summed E-state index contributed by atoms with van der Waals surface area (Å²) >= 11 is 0. The summed E-state index contributed by atoms with van der Waals surface area (Å²) < 4.78 is 69.4. The summed E-state index contributed by atoms with van der Waals surface area (Å²) in [6.45, 7) is 2.58. The Bertz CT molecular complexity index is 1260. The summed E-state index contributed by atoms with van der Waals surface area (Å²) in [4.78, 5) is 28.1. The molecule has 0 radical (unpaired) electrons. The highest BCUT2D eigenvalue weighted by Gasteiger charge is 2.44. The summed E-state index contributed by atoms with van der Waals surface area (Å²) in [6, 6.07) is 5.12. The lowest BCUT2D eigenvalue weighted by Gasteiger charge is -2.39. The predicted molar refractivity (Wildman–Crippen MR) is 127 cm³/mol. The Morgan fingerprint density at radius 3 is 2.37 bits per heavy atom. The zero-order valence-corrected chi connectivity index (χ0v) is 20.7. The number of carbonyl (C=O) groups excluding carboxylic acids is 2. The number of hydrogen-bond acceptors (Lipinski definition) is 4. The van der Waals surface area contributed by atoms with E-state index in [1.165, 1.54) is 17.0 Å². The topological polar surface area (TPSA) is 72.9 Å². The molecular formula is C27H28F5N3O3. The lowest BCUT2D eigenvalue weighted by Crippen LogP contribution is -2.54. The van der Waals surface area contributed by atoms with Gasteiger partial charge in [0.1, 0.15) is 11.6 Å². The van der Waals surface area contributed by atoms with Crippen molar-refractivity contribution < 1.29 is 36.6 Å². The number of alkyl halides is 3. The first-order valence-corrected chi connectivity index (χ1v) is 12.6.